The highest BCUT2D eigenvalue weighted by molar-refractivity contribution is 6.32. The van der Waals surface area contributed by atoms with Gasteiger partial charge in [0, 0.05) is 25.4 Å². The number of rotatable bonds is 4. The molecule has 0 saturated carbocycles. The molecule has 2 unspecified atom stereocenters. The molecule has 1 aliphatic rings. The second-order valence-corrected chi connectivity index (χ2v) is 7.13. The summed E-state index contributed by atoms with van der Waals surface area (Å²) < 4.78 is 64.2. The fraction of sp³-hybridized carbons (Fsp3) is 0.263. The number of ether oxygens (including phenoxy) is 2. The van der Waals surface area contributed by atoms with E-state index in [0.717, 1.165) is 20.2 Å². The monoisotopic (exact) mass is 491 g/mol. The molecule has 2 atom stereocenters. The zero-order chi connectivity index (χ0) is 24.7. The third-order valence-electron chi connectivity index (χ3n) is 4.69. The topological polar surface area (TPSA) is 109 Å². The molecular weight excluding hydrogens is 478 g/mol. The number of amides is 1. The molecule has 0 bridgehead atoms. The highest BCUT2D eigenvalue weighted by atomic mass is 35.5. The summed E-state index contributed by atoms with van der Waals surface area (Å²) in [4.78, 5) is 48.8. The van der Waals surface area contributed by atoms with Gasteiger partial charge in [0.15, 0.2) is 5.92 Å². The maximum atomic E-state index is 14.6. The minimum atomic E-state index is -5.00. The van der Waals surface area contributed by atoms with E-state index < -0.39 is 58.5 Å². The number of hydrogen-bond acceptors (Lipinski definition) is 6. The van der Waals surface area contributed by atoms with Crippen LogP contribution in [0.15, 0.2) is 40.1 Å². The molecule has 0 spiro atoms. The van der Waals surface area contributed by atoms with E-state index in [-0.39, 0.29) is 26.0 Å². The Bertz CT molecular complexity index is 1280. The fourth-order valence-electron chi connectivity index (χ4n) is 3.10. The maximum absolute atomic E-state index is 14.6. The van der Waals surface area contributed by atoms with Gasteiger partial charge in [0.1, 0.15) is 23.4 Å². The highest BCUT2D eigenvalue weighted by Gasteiger charge is 2.39. The number of hydrogen-bond donors (Lipinski definition) is 1. The van der Waals surface area contributed by atoms with Crippen LogP contribution in [0.25, 0.3) is 5.69 Å². The van der Waals surface area contributed by atoms with Crippen molar-refractivity contribution < 1.29 is 36.6 Å². The zero-order valence-corrected chi connectivity index (χ0v) is 17.5. The van der Waals surface area contributed by atoms with Gasteiger partial charge in [0.2, 0.25) is 5.91 Å². The number of esters is 1. The molecule has 2 aromatic rings. The molecule has 9 nitrogen and oxygen atoms in total. The van der Waals surface area contributed by atoms with Crippen LogP contribution in [0.1, 0.15) is 5.69 Å². The Balaban J connectivity index is 2.13. The van der Waals surface area contributed by atoms with Crippen LogP contribution in [0.2, 0.25) is 5.02 Å². The van der Waals surface area contributed by atoms with Crippen molar-refractivity contribution in [2.75, 3.05) is 7.11 Å². The van der Waals surface area contributed by atoms with E-state index in [9.17, 15) is 36.7 Å². The van der Waals surface area contributed by atoms with Gasteiger partial charge in [-0.15, -0.1) is 0 Å². The van der Waals surface area contributed by atoms with Crippen molar-refractivity contribution in [2.45, 2.75) is 12.3 Å². The number of halogens is 5. The first-order valence-corrected chi connectivity index (χ1v) is 9.35. The Hall–Kier alpha value is -3.61. The molecule has 1 amide bonds. The van der Waals surface area contributed by atoms with Crippen molar-refractivity contribution in [3.63, 3.8) is 0 Å². The van der Waals surface area contributed by atoms with Crippen LogP contribution in [-0.4, -0.2) is 34.2 Å². The van der Waals surface area contributed by atoms with E-state index in [4.69, 9.17) is 16.3 Å². The molecule has 33 heavy (non-hydrogen) atoms. The molecule has 0 radical (unpaired) electrons. The summed E-state index contributed by atoms with van der Waals surface area (Å²) in [7, 11) is 1.81. The maximum Gasteiger partial charge on any atom is 0.431 e. The van der Waals surface area contributed by atoms with Crippen LogP contribution in [0.4, 0.5) is 17.6 Å². The van der Waals surface area contributed by atoms with Crippen molar-refractivity contribution >= 4 is 23.5 Å². The Morgan fingerprint density at radius 3 is 2.45 bits per heavy atom. The Morgan fingerprint density at radius 1 is 1.18 bits per heavy atom. The lowest BCUT2D eigenvalue weighted by Crippen LogP contribution is -2.46. The molecule has 0 aliphatic carbocycles. The number of nitrogens with zero attached hydrogens (tertiary/aromatic N) is 2. The number of nitrogens with one attached hydrogen (secondary N) is 1. The van der Waals surface area contributed by atoms with Gasteiger partial charge >= 0.3 is 17.8 Å². The summed E-state index contributed by atoms with van der Waals surface area (Å²) >= 11 is 5.98. The van der Waals surface area contributed by atoms with Crippen LogP contribution in [-0.2, 0) is 27.5 Å². The third kappa shape index (κ3) is 4.49. The van der Waals surface area contributed by atoms with Crippen LogP contribution < -0.4 is 21.3 Å². The normalized spacial score (nSPS) is 18.1. The number of carbonyl (C=O) groups excluding carboxylic acids is 2. The van der Waals surface area contributed by atoms with Crippen LogP contribution in [0, 0.1) is 11.7 Å². The molecule has 176 valence electrons. The number of aromatic nitrogens is 2. The largest absolute Gasteiger partial charge is 0.483 e. The summed E-state index contributed by atoms with van der Waals surface area (Å²) in [5, 5.41) is 1.92. The smallest absolute Gasteiger partial charge is 0.431 e. The highest BCUT2D eigenvalue weighted by Crippen LogP contribution is 2.32. The molecule has 1 aromatic carbocycles. The summed E-state index contributed by atoms with van der Waals surface area (Å²) in [6.45, 7) is 0. The van der Waals surface area contributed by atoms with Gasteiger partial charge in [-0.3, -0.25) is 19.0 Å². The van der Waals surface area contributed by atoms with E-state index in [2.05, 4.69) is 10.1 Å². The predicted octanol–water partition coefficient (Wildman–Crippen LogP) is 1.53. The third-order valence-corrected chi connectivity index (χ3v) is 4.99. The van der Waals surface area contributed by atoms with Gasteiger partial charge in [-0.2, -0.15) is 13.2 Å². The van der Waals surface area contributed by atoms with Gasteiger partial charge in [-0.25, -0.2) is 13.8 Å². The lowest BCUT2D eigenvalue weighted by molar-refractivity contribution is -0.153. The molecular formula is C19H14ClF4N3O6. The number of carbonyl (C=O) groups is 2. The molecule has 0 fully saturated rings. The van der Waals surface area contributed by atoms with Gasteiger partial charge in [0.05, 0.1) is 17.8 Å². The average Bonchev–Trinajstić information content (AvgIpc) is 2.72. The van der Waals surface area contributed by atoms with Crippen LogP contribution >= 0.6 is 11.6 Å². The van der Waals surface area contributed by atoms with Gasteiger partial charge < -0.3 is 14.8 Å². The number of methoxy groups -OCH3 is 1. The Morgan fingerprint density at radius 2 is 1.85 bits per heavy atom. The minimum absolute atomic E-state index is 0.136. The van der Waals surface area contributed by atoms with Crippen LogP contribution in [0.3, 0.4) is 0 Å². The second-order valence-electron chi connectivity index (χ2n) is 6.73. The van der Waals surface area contributed by atoms with Crippen molar-refractivity contribution in [3.8, 4) is 11.4 Å². The zero-order valence-electron chi connectivity index (χ0n) is 16.8. The van der Waals surface area contributed by atoms with Gasteiger partial charge in [0.25, 0.3) is 5.56 Å². The Labute approximate surface area is 186 Å². The standard InChI is InChI=1S/C19H14ClF4N3O6/c1-26-13(19(22,23)24)7-14(28)27(18(26)31)10-6-12(8(20)5-9(10)21)33-11-3-4-25-16(29)15(11)17(30)32-2/h3-7,11,15H,1-2H3,(H,25,29). The summed E-state index contributed by atoms with van der Waals surface area (Å²) in [6.07, 6.45) is -3.82. The van der Waals surface area contributed by atoms with E-state index in [1.165, 1.54) is 12.3 Å². The molecule has 1 N–H and O–H groups in total. The summed E-state index contributed by atoms with van der Waals surface area (Å²) in [5.41, 5.74) is -5.22. The van der Waals surface area contributed by atoms with E-state index >= 15 is 0 Å². The average molecular weight is 492 g/mol. The van der Waals surface area contributed by atoms with Crippen LogP contribution in [0.5, 0.6) is 5.75 Å². The summed E-state index contributed by atoms with van der Waals surface area (Å²) in [5.74, 6) is -4.76. The first-order chi connectivity index (χ1) is 15.4. The molecule has 3 rings (SSSR count). The summed E-state index contributed by atoms with van der Waals surface area (Å²) in [6, 6.07) is 1.59. The lowest BCUT2D eigenvalue weighted by Gasteiger charge is -2.26. The molecule has 2 heterocycles. The number of benzene rings is 1. The first kappa shape index (κ1) is 24.0. The van der Waals surface area contributed by atoms with E-state index in [0.29, 0.717) is 6.07 Å². The number of alkyl halides is 3. The quantitative estimate of drug-likeness (QED) is 0.395. The Kier molecular flexibility index (Phi) is 6.36. The van der Waals surface area contributed by atoms with Crippen molar-refractivity contribution in [3.05, 3.63) is 67.8 Å². The fourth-order valence-corrected chi connectivity index (χ4v) is 3.29. The van der Waals surface area contributed by atoms with Crippen molar-refractivity contribution in [1.29, 1.82) is 0 Å². The lowest BCUT2D eigenvalue weighted by atomic mass is 9.99. The molecule has 0 saturated heterocycles. The molecule has 1 aromatic heterocycles. The predicted molar refractivity (Wildman–Crippen MR) is 104 cm³/mol. The van der Waals surface area contributed by atoms with Gasteiger partial charge in [-0.05, 0) is 12.1 Å². The van der Waals surface area contributed by atoms with Crippen molar-refractivity contribution in [1.82, 2.24) is 14.5 Å². The van der Waals surface area contributed by atoms with Crippen molar-refractivity contribution in [2.24, 2.45) is 13.0 Å². The SMILES string of the molecule is COC(=O)C1C(=O)NC=CC1Oc1cc(-n2c(=O)cc(C(F)(F)F)n(C)c2=O)c(F)cc1Cl. The first-order valence-electron chi connectivity index (χ1n) is 8.98. The van der Waals surface area contributed by atoms with E-state index in [1.807, 2.05) is 0 Å². The molecule has 14 heteroatoms. The second kappa shape index (κ2) is 8.73. The molecule has 1 aliphatic heterocycles. The van der Waals surface area contributed by atoms with E-state index in [1.54, 1.807) is 0 Å². The minimum Gasteiger partial charge on any atom is -0.483 e. The van der Waals surface area contributed by atoms with Gasteiger partial charge in [-0.1, -0.05) is 11.6 Å².